The van der Waals surface area contributed by atoms with Gasteiger partial charge in [-0.1, -0.05) is 31.5 Å². The molecule has 0 radical (unpaired) electrons. The Bertz CT molecular complexity index is 395. The molecule has 0 bridgehead atoms. The maximum atomic E-state index is 11.9. The number of hydrogen-bond donors (Lipinski definition) is 1. The lowest BCUT2D eigenvalue weighted by Crippen LogP contribution is -2.47. The average Bonchev–Trinajstić information content (AvgIpc) is 2.82. The molecule has 1 N–H and O–H groups in total. The SMILES string of the molecule is CCN(CC)C(=O)CCN=C1NC2(CCCC(C)C2)CS1. The summed E-state index contributed by atoms with van der Waals surface area (Å²) in [6, 6.07) is 0. The van der Waals surface area contributed by atoms with E-state index in [0.29, 0.717) is 13.0 Å². The smallest absolute Gasteiger partial charge is 0.224 e. The first kappa shape index (κ1) is 16.7. The predicted molar refractivity (Wildman–Crippen MR) is 90.8 cm³/mol. The quantitative estimate of drug-likeness (QED) is 0.849. The van der Waals surface area contributed by atoms with Gasteiger partial charge < -0.3 is 10.2 Å². The van der Waals surface area contributed by atoms with E-state index in [2.05, 4.69) is 17.2 Å². The first-order chi connectivity index (χ1) is 10.1. The van der Waals surface area contributed by atoms with Crippen LogP contribution in [0.3, 0.4) is 0 Å². The van der Waals surface area contributed by atoms with E-state index in [0.717, 1.165) is 29.9 Å². The van der Waals surface area contributed by atoms with Gasteiger partial charge in [0.2, 0.25) is 5.91 Å². The van der Waals surface area contributed by atoms with Crippen LogP contribution in [0.25, 0.3) is 0 Å². The molecule has 21 heavy (non-hydrogen) atoms. The number of nitrogens with zero attached hydrogens (tertiary/aromatic N) is 2. The van der Waals surface area contributed by atoms with Gasteiger partial charge in [-0.3, -0.25) is 9.79 Å². The van der Waals surface area contributed by atoms with Crippen LogP contribution in [0.15, 0.2) is 4.99 Å². The van der Waals surface area contributed by atoms with Gasteiger partial charge in [-0.2, -0.15) is 0 Å². The van der Waals surface area contributed by atoms with Crippen LogP contribution >= 0.6 is 11.8 Å². The third kappa shape index (κ3) is 4.38. The molecule has 120 valence electrons. The number of carbonyl (C=O) groups excluding carboxylic acids is 1. The van der Waals surface area contributed by atoms with Crippen molar-refractivity contribution in [2.75, 3.05) is 25.4 Å². The number of aliphatic imine (C=N–C) groups is 1. The lowest BCUT2D eigenvalue weighted by atomic mass is 9.78. The van der Waals surface area contributed by atoms with E-state index >= 15 is 0 Å². The van der Waals surface area contributed by atoms with Gasteiger partial charge in [0.05, 0.1) is 6.54 Å². The Balaban J connectivity index is 1.80. The molecule has 1 saturated carbocycles. The van der Waals surface area contributed by atoms with E-state index in [1.54, 1.807) is 0 Å². The lowest BCUT2D eigenvalue weighted by Gasteiger charge is -2.36. The summed E-state index contributed by atoms with van der Waals surface area (Å²) in [4.78, 5) is 18.4. The van der Waals surface area contributed by atoms with Crippen LogP contribution in [-0.2, 0) is 4.79 Å². The monoisotopic (exact) mass is 311 g/mol. The molecular formula is C16H29N3OS. The summed E-state index contributed by atoms with van der Waals surface area (Å²) in [5.41, 5.74) is 0.282. The van der Waals surface area contributed by atoms with Crippen molar-refractivity contribution in [1.82, 2.24) is 10.2 Å². The number of rotatable bonds is 5. The van der Waals surface area contributed by atoms with E-state index < -0.39 is 0 Å². The summed E-state index contributed by atoms with van der Waals surface area (Å²) in [6.45, 7) is 8.59. The van der Waals surface area contributed by atoms with Crippen molar-refractivity contribution in [2.45, 2.75) is 58.4 Å². The van der Waals surface area contributed by atoms with Crippen LogP contribution in [0.5, 0.6) is 0 Å². The third-order valence-corrected chi connectivity index (χ3v) is 5.85. The summed E-state index contributed by atoms with van der Waals surface area (Å²) in [6.07, 6.45) is 5.73. The van der Waals surface area contributed by atoms with E-state index in [1.807, 2.05) is 30.5 Å². The topological polar surface area (TPSA) is 44.7 Å². The molecule has 5 heteroatoms. The van der Waals surface area contributed by atoms with Gasteiger partial charge in [-0.05, 0) is 32.6 Å². The molecule has 1 heterocycles. The summed E-state index contributed by atoms with van der Waals surface area (Å²) in [7, 11) is 0. The van der Waals surface area contributed by atoms with E-state index in [1.165, 1.54) is 25.7 Å². The molecule has 0 aromatic rings. The number of carbonyl (C=O) groups is 1. The molecule has 4 nitrogen and oxygen atoms in total. The summed E-state index contributed by atoms with van der Waals surface area (Å²) in [5.74, 6) is 2.17. The number of amidine groups is 1. The van der Waals surface area contributed by atoms with Crippen molar-refractivity contribution in [1.29, 1.82) is 0 Å². The summed E-state index contributed by atoms with van der Waals surface area (Å²) in [5, 5.41) is 4.71. The Morgan fingerprint density at radius 2 is 2.24 bits per heavy atom. The molecule has 1 aliphatic carbocycles. The van der Waals surface area contributed by atoms with Crippen molar-refractivity contribution in [2.24, 2.45) is 10.9 Å². The molecule has 0 aromatic carbocycles. The van der Waals surface area contributed by atoms with E-state index in [9.17, 15) is 4.79 Å². The zero-order valence-corrected chi connectivity index (χ0v) is 14.5. The minimum absolute atomic E-state index is 0.216. The maximum Gasteiger partial charge on any atom is 0.224 e. The van der Waals surface area contributed by atoms with Crippen molar-refractivity contribution in [3.8, 4) is 0 Å². The molecule has 1 spiro atoms. The van der Waals surface area contributed by atoms with Crippen molar-refractivity contribution >= 4 is 22.8 Å². The molecule has 1 amide bonds. The van der Waals surface area contributed by atoms with Crippen LogP contribution in [0.4, 0.5) is 0 Å². The highest BCUT2D eigenvalue weighted by Crippen LogP contribution is 2.38. The van der Waals surface area contributed by atoms with Gasteiger partial charge in [-0.15, -0.1) is 0 Å². The Labute approximate surface area is 133 Å². The fourth-order valence-electron chi connectivity index (χ4n) is 3.48. The molecule has 1 saturated heterocycles. The second-order valence-electron chi connectivity index (χ2n) is 6.40. The molecule has 2 aliphatic rings. The van der Waals surface area contributed by atoms with Crippen LogP contribution in [-0.4, -0.2) is 46.9 Å². The zero-order valence-electron chi connectivity index (χ0n) is 13.7. The lowest BCUT2D eigenvalue weighted by molar-refractivity contribution is -0.130. The number of hydrogen-bond acceptors (Lipinski definition) is 3. The van der Waals surface area contributed by atoms with Gasteiger partial charge in [0.25, 0.3) is 0 Å². The standard InChI is InChI=1S/C16H29N3OS/c1-4-19(5-2)14(20)8-10-17-15-18-16(12-21-15)9-6-7-13(3)11-16/h13H,4-12H2,1-3H3,(H,17,18). The predicted octanol–water partition coefficient (Wildman–Crippen LogP) is 2.89. The molecule has 2 rings (SSSR count). The first-order valence-electron chi connectivity index (χ1n) is 8.32. The Morgan fingerprint density at radius 3 is 2.90 bits per heavy atom. The molecule has 2 unspecified atom stereocenters. The molecule has 2 fully saturated rings. The highest BCUT2D eigenvalue weighted by molar-refractivity contribution is 8.14. The van der Waals surface area contributed by atoms with Gasteiger partial charge in [0.15, 0.2) is 5.17 Å². The molecule has 1 aliphatic heterocycles. The fraction of sp³-hybridized carbons (Fsp3) is 0.875. The largest absolute Gasteiger partial charge is 0.359 e. The number of nitrogens with one attached hydrogen (secondary N) is 1. The van der Waals surface area contributed by atoms with Crippen LogP contribution in [0.2, 0.25) is 0 Å². The Morgan fingerprint density at radius 1 is 1.48 bits per heavy atom. The van der Waals surface area contributed by atoms with E-state index in [4.69, 9.17) is 0 Å². The Kier molecular flexibility index (Phi) is 5.97. The average molecular weight is 311 g/mol. The van der Waals surface area contributed by atoms with Crippen molar-refractivity contribution < 1.29 is 4.79 Å². The zero-order chi connectivity index (χ0) is 15.3. The molecular weight excluding hydrogens is 282 g/mol. The van der Waals surface area contributed by atoms with Crippen LogP contribution < -0.4 is 5.32 Å². The normalized spacial score (nSPS) is 30.6. The van der Waals surface area contributed by atoms with E-state index in [-0.39, 0.29) is 11.4 Å². The number of thioether (sulfide) groups is 1. The minimum atomic E-state index is 0.216. The van der Waals surface area contributed by atoms with Crippen molar-refractivity contribution in [3.05, 3.63) is 0 Å². The van der Waals surface area contributed by atoms with Crippen molar-refractivity contribution in [3.63, 3.8) is 0 Å². The van der Waals surface area contributed by atoms with Gasteiger partial charge >= 0.3 is 0 Å². The van der Waals surface area contributed by atoms with Crippen LogP contribution in [0, 0.1) is 5.92 Å². The molecule has 2 atom stereocenters. The highest BCUT2D eigenvalue weighted by atomic mass is 32.2. The van der Waals surface area contributed by atoms with Gasteiger partial charge in [0, 0.05) is 30.8 Å². The second kappa shape index (κ2) is 7.52. The minimum Gasteiger partial charge on any atom is -0.359 e. The highest BCUT2D eigenvalue weighted by Gasteiger charge is 2.40. The number of amides is 1. The first-order valence-corrected chi connectivity index (χ1v) is 9.30. The van der Waals surface area contributed by atoms with Crippen LogP contribution in [0.1, 0.15) is 52.9 Å². The summed E-state index contributed by atoms with van der Waals surface area (Å²) < 4.78 is 0. The Hall–Kier alpha value is -0.710. The summed E-state index contributed by atoms with van der Waals surface area (Å²) >= 11 is 1.84. The second-order valence-corrected chi connectivity index (χ2v) is 7.36. The third-order valence-electron chi connectivity index (χ3n) is 4.65. The maximum absolute atomic E-state index is 11.9. The fourth-order valence-corrected chi connectivity index (χ4v) is 4.70. The van der Waals surface area contributed by atoms with Gasteiger partial charge in [0.1, 0.15) is 0 Å². The molecule has 0 aromatic heterocycles. The van der Waals surface area contributed by atoms with Gasteiger partial charge in [-0.25, -0.2) is 0 Å².